The molecule has 3 aromatic rings. The lowest BCUT2D eigenvalue weighted by atomic mass is 10.1. The summed E-state index contributed by atoms with van der Waals surface area (Å²) in [6.07, 6.45) is 6.18. The fourth-order valence-electron chi connectivity index (χ4n) is 2.98. The maximum absolute atomic E-state index is 5.45. The summed E-state index contributed by atoms with van der Waals surface area (Å²) in [4.78, 5) is 7.49. The highest BCUT2D eigenvalue weighted by atomic mass is 32.1. The normalized spacial score (nSPS) is 15.2. The van der Waals surface area contributed by atoms with Crippen molar-refractivity contribution in [3.63, 3.8) is 0 Å². The Hall–Kier alpha value is -2.09. The molecular weight excluding hydrogens is 274 g/mol. The predicted octanol–water partition coefficient (Wildman–Crippen LogP) is 2.00. The van der Waals surface area contributed by atoms with Crippen molar-refractivity contribution in [1.29, 1.82) is 0 Å². The zero-order chi connectivity index (χ0) is 13.5. The lowest BCUT2D eigenvalue weighted by Crippen LogP contribution is -2.01. The van der Waals surface area contributed by atoms with E-state index < -0.39 is 0 Å². The standard InChI is InChI=1S/C12H13N7S/c20-12-10-9(13-6-14-12)8(11-15-17-18-16-11)7-4-2-1-3-5-19(7)10/h6H,1-5H2,(H,13,14,20)(H,15,16,17,18). The lowest BCUT2D eigenvalue weighted by molar-refractivity contribution is 0.647. The van der Waals surface area contributed by atoms with Gasteiger partial charge in [-0.25, -0.2) is 4.98 Å². The smallest absolute Gasteiger partial charge is 0.208 e. The van der Waals surface area contributed by atoms with E-state index in [1.54, 1.807) is 6.33 Å². The van der Waals surface area contributed by atoms with Gasteiger partial charge < -0.3 is 9.55 Å². The summed E-state index contributed by atoms with van der Waals surface area (Å²) in [5, 5.41) is 14.5. The van der Waals surface area contributed by atoms with Crippen LogP contribution in [0.1, 0.15) is 25.0 Å². The van der Waals surface area contributed by atoms with Crippen molar-refractivity contribution < 1.29 is 0 Å². The summed E-state index contributed by atoms with van der Waals surface area (Å²) in [7, 11) is 0. The highest BCUT2D eigenvalue weighted by Gasteiger charge is 2.24. The van der Waals surface area contributed by atoms with Gasteiger partial charge in [0.2, 0.25) is 5.82 Å². The molecule has 1 aliphatic heterocycles. The van der Waals surface area contributed by atoms with Crippen LogP contribution in [0.25, 0.3) is 22.4 Å². The van der Waals surface area contributed by atoms with E-state index in [9.17, 15) is 0 Å². The minimum atomic E-state index is 0.596. The van der Waals surface area contributed by atoms with E-state index in [1.165, 1.54) is 12.1 Å². The molecule has 0 radical (unpaired) electrons. The maximum atomic E-state index is 5.45. The third-order valence-electron chi connectivity index (χ3n) is 3.81. The molecule has 4 heterocycles. The van der Waals surface area contributed by atoms with Gasteiger partial charge in [0.25, 0.3) is 0 Å². The minimum Gasteiger partial charge on any atom is -0.340 e. The monoisotopic (exact) mass is 287 g/mol. The third kappa shape index (κ3) is 1.61. The average molecular weight is 287 g/mol. The summed E-state index contributed by atoms with van der Waals surface area (Å²) in [6.45, 7) is 0.965. The topological polar surface area (TPSA) is 88.1 Å². The van der Waals surface area contributed by atoms with E-state index in [0.29, 0.717) is 10.5 Å². The molecule has 0 bridgehead atoms. The van der Waals surface area contributed by atoms with Gasteiger partial charge in [-0.1, -0.05) is 18.6 Å². The van der Waals surface area contributed by atoms with Crippen molar-refractivity contribution in [3.05, 3.63) is 16.7 Å². The van der Waals surface area contributed by atoms with E-state index in [0.717, 1.165) is 42.4 Å². The summed E-state index contributed by atoms with van der Waals surface area (Å²) < 4.78 is 2.99. The number of aromatic nitrogens is 7. The first-order chi connectivity index (χ1) is 9.86. The number of rotatable bonds is 1. The van der Waals surface area contributed by atoms with Gasteiger partial charge >= 0.3 is 0 Å². The Morgan fingerprint density at radius 3 is 3.05 bits per heavy atom. The Morgan fingerprint density at radius 2 is 2.20 bits per heavy atom. The van der Waals surface area contributed by atoms with Crippen molar-refractivity contribution in [3.8, 4) is 11.4 Å². The zero-order valence-electron chi connectivity index (χ0n) is 10.8. The van der Waals surface area contributed by atoms with Crippen LogP contribution in [0, 0.1) is 4.64 Å². The van der Waals surface area contributed by atoms with Crippen LogP contribution in [0.3, 0.4) is 0 Å². The van der Waals surface area contributed by atoms with Gasteiger partial charge in [0, 0.05) is 12.2 Å². The van der Waals surface area contributed by atoms with Gasteiger partial charge in [0.1, 0.15) is 15.7 Å². The van der Waals surface area contributed by atoms with Gasteiger partial charge in [0.05, 0.1) is 11.9 Å². The molecule has 3 aromatic heterocycles. The molecule has 8 heteroatoms. The number of nitrogens with one attached hydrogen (secondary N) is 2. The summed E-state index contributed by atoms with van der Waals surface area (Å²) in [5.41, 5.74) is 4.04. The molecule has 0 unspecified atom stereocenters. The molecule has 20 heavy (non-hydrogen) atoms. The van der Waals surface area contributed by atoms with Crippen molar-refractivity contribution in [2.24, 2.45) is 0 Å². The molecule has 4 rings (SSSR count). The fraction of sp³-hybridized carbons (Fsp3) is 0.417. The highest BCUT2D eigenvalue weighted by molar-refractivity contribution is 7.71. The summed E-state index contributed by atoms with van der Waals surface area (Å²) in [6, 6.07) is 0. The second kappa shape index (κ2) is 4.48. The first kappa shape index (κ1) is 11.7. The number of aryl methyl sites for hydroxylation is 1. The average Bonchev–Trinajstić information content (AvgIpc) is 2.99. The van der Waals surface area contributed by atoms with Crippen molar-refractivity contribution >= 4 is 23.3 Å². The number of aromatic amines is 2. The number of fused-ring (bicyclic) bond motifs is 3. The molecule has 0 saturated heterocycles. The molecule has 0 atom stereocenters. The highest BCUT2D eigenvalue weighted by Crippen LogP contribution is 2.34. The minimum absolute atomic E-state index is 0.596. The quantitative estimate of drug-likeness (QED) is 0.668. The Balaban J connectivity index is 2.14. The van der Waals surface area contributed by atoms with Gasteiger partial charge in [-0.05, 0) is 24.5 Å². The molecule has 0 amide bonds. The fourth-order valence-corrected chi connectivity index (χ4v) is 3.24. The molecule has 0 spiro atoms. The number of tetrazole rings is 1. The van der Waals surface area contributed by atoms with Crippen LogP contribution in [0.15, 0.2) is 6.33 Å². The SMILES string of the molecule is S=c1[nH]cnc2c(-c3nn[nH]n3)c3n(c12)CCCCC3. The van der Waals surface area contributed by atoms with E-state index >= 15 is 0 Å². The Labute approximate surface area is 119 Å². The predicted molar refractivity (Wildman–Crippen MR) is 75.6 cm³/mol. The maximum Gasteiger partial charge on any atom is 0.208 e. The number of nitrogens with zero attached hydrogens (tertiary/aromatic N) is 5. The van der Waals surface area contributed by atoms with Crippen LogP contribution in [0.4, 0.5) is 0 Å². The van der Waals surface area contributed by atoms with Gasteiger partial charge in [-0.2, -0.15) is 5.21 Å². The van der Waals surface area contributed by atoms with Crippen LogP contribution in [-0.4, -0.2) is 35.2 Å². The largest absolute Gasteiger partial charge is 0.340 e. The summed E-state index contributed by atoms with van der Waals surface area (Å²) >= 11 is 5.45. The van der Waals surface area contributed by atoms with Crippen LogP contribution in [0.2, 0.25) is 0 Å². The lowest BCUT2D eigenvalue weighted by Gasteiger charge is -2.05. The van der Waals surface area contributed by atoms with Crippen molar-refractivity contribution in [2.75, 3.05) is 0 Å². The van der Waals surface area contributed by atoms with E-state index in [4.69, 9.17) is 12.2 Å². The van der Waals surface area contributed by atoms with E-state index in [1.807, 2.05) is 0 Å². The van der Waals surface area contributed by atoms with E-state index in [-0.39, 0.29) is 0 Å². The second-order valence-electron chi connectivity index (χ2n) is 4.95. The molecule has 102 valence electrons. The molecule has 0 fully saturated rings. The molecule has 7 nitrogen and oxygen atoms in total. The van der Waals surface area contributed by atoms with Crippen molar-refractivity contribution in [1.82, 2.24) is 35.2 Å². The van der Waals surface area contributed by atoms with Crippen LogP contribution >= 0.6 is 12.2 Å². The van der Waals surface area contributed by atoms with Crippen LogP contribution in [0.5, 0.6) is 0 Å². The molecule has 0 saturated carbocycles. The number of hydrogen-bond donors (Lipinski definition) is 2. The Bertz CT molecular complexity index is 814. The Morgan fingerprint density at radius 1 is 1.25 bits per heavy atom. The summed E-state index contributed by atoms with van der Waals surface area (Å²) in [5.74, 6) is 0.596. The van der Waals surface area contributed by atoms with Gasteiger partial charge in [-0.15, -0.1) is 10.2 Å². The first-order valence-corrected chi connectivity index (χ1v) is 7.09. The Kier molecular flexibility index (Phi) is 2.62. The van der Waals surface area contributed by atoms with E-state index in [2.05, 4.69) is 35.2 Å². The van der Waals surface area contributed by atoms with Crippen LogP contribution < -0.4 is 0 Å². The number of H-pyrrole nitrogens is 2. The van der Waals surface area contributed by atoms with Gasteiger partial charge in [0.15, 0.2) is 0 Å². The van der Waals surface area contributed by atoms with Crippen molar-refractivity contribution in [2.45, 2.75) is 32.2 Å². The van der Waals surface area contributed by atoms with Crippen LogP contribution in [-0.2, 0) is 13.0 Å². The first-order valence-electron chi connectivity index (χ1n) is 6.69. The molecule has 2 N–H and O–H groups in total. The molecular formula is C12H13N7S. The third-order valence-corrected chi connectivity index (χ3v) is 4.13. The molecule has 0 aromatic carbocycles. The van der Waals surface area contributed by atoms with Gasteiger partial charge in [-0.3, -0.25) is 0 Å². The number of hydrogen-bond acceptors (Lipinski definition) is 5. The molecule has 1 aliphatic rings. The molecule has 0 aliphatic carbocycles. The zero-order valence-corrected chi connectivity index (χ0v) is 11.6. The second-order valence-corrected chi connectivity index (χ2v) is 5.36.